The molecule has 2 heterocycles. The summed E-state index contributed by atoms with van der Waals surface area (Å²) in [5, 5.41) is 11.3. The maximum absolute atomic E-state index is 14.5. The summed E-state index contributed by atoms with van der Waals surface area (Å²) in [6, 6.07) is 8.78. The summed E-state index contributed by atoms with van der Waals surface area (Å²) in [6.07, 6.45) is -3.88. The van der Waals surface area contributed by atoms with Crippen molar-refractivity contribution in [2.75, 3.05) is 7.11 Å². The molecule has 0 amide bonds. The van der Waals surface area contributed by atoms with Crippen LogP contribution in [0.1, 0.15) is 34.3 Å². The fraction of sp³-hybridized carbons (Fsp3) is 0.269. The molecule has 0 fully saturated rings. The van der Waals surface area contributed by atoms with E-state index in [1.54, 1.807) is 0 Å². The van der Waals surface area contributed by atoms with Crippen LogP contribution in [0.4, 0.5) is 13.2 Å². The number of ether oxygens (including phenoxy) is 2. The third-order valence-electron chi connectivity index (χ3n) is 6.65. The zero-order valence-corrected chi connectivity index (χ0v) is 22.5. The number of benzene rings is 2. The number of aliphatic hydroxyl groups is 1. The van der Waals surface area contributed by atoms with Crippen LogP contribution in [0.15, 0.2) is 53.5 Å². The van der Waals surface area contributed by atoms with Gasteiger partial charge in [0.1, 0.15) is 11.3 Å². The van der Waals surface area contributed by atoms with Crippen molar-refractivity contribution in [3.05, 3.63) is 85.9 Å². The number of halogens is 5. The number of imidazole rings is 1. The number of aryl methyl sites for hydroxylation is 2. The molecule has 2 aromatic heterocycles. The van der Waals surface area contributed by atoms with E-state index in [4.69, 9.17) is 32.7 Å². The standard InChI is InChI=1S/C26H22Cl2F3N3O5/c1-13(25(37,26(29,30)31)14-5-8-20-21(9-14)34(3)24(36)33(20)2)17-7-6-16(11-19(17)28)39-22-18(23(35)38-4)10-15(27)12-32-22/h5-13,37H,1-4H3. The molecule has 0 spiro atoms. The summed E-state index contributed by atoms with van der Waals surface area (Å²) in [5.74, 6) is -2.44. The molecule has 0 radical (unpaired) electrons. The summed E-state index contributed by atoms with van der Waals surface area (Å²) in [7, 11) is 4.10. The maximum atomic E-state index is 14.5. The van der Waals surface area contributed by atoms with Crippen molar-refractivity contribution in [3.8, 4) is 11.6 Å². The lowest BCUT2D eigenvalue weighted by atomic mass is 9.77. The van der Waals surface area contributed by atoms with Crippen molar-refractivity contribution in [3.63, 3.8) is 0 Å². The SMILES string of the molecule is COC(=O)c1cc(Cl)cnc1Oc1ccc(C(C)C(O)(c2ccc3c(c2)n(C)c(=O)n3C)C(F)(F)F)c(Cl)c1. The lowest BCUT2D eigenvalue weighted by Crippen LogP contribution is -2.46. The molecule has 4 rings (SSSR count). The van der Waals surface area contributed by atoms with Gasteiger partial charge in [-0.05, 0) is 41.5 Å². The molecule has 0 aliphatic rings. The molecular formula is C26H22Cl2F3N3O5. The first kappa shape index (κ1) is 28.5. The summed E-state index contributed by atoms with van der Waals surface area (Å²) < 4.78 is 56.5. The number of rotatable bonds is 6. The second kappa shape index (κ2) is 10.2. The van der Waals surface area contributed by atoms with Gasteiger partial charge in [0.05, 0.1) is 23.2 Å². The van der Waals surface area contributed by atoms with Gasteiger partial charge in [0.15, 0.2) is 5.60 Å². The number of methoxy groups -OCH3 is 1. The summed E-state index contributed by atoms with van der Waals surface area (Å²) in [4.78, 5) is 28.3. The Morgan fingerprint density at radius 2 is 1.72 bits per heavy atom. The third kappa shape index (κ3) is 4.86. The number of pyridine rings is 1. The number of fused-ring (bicyclic) bond motifs is 1. The molecule has 2 unspecified atom stereocenters. The number of carbonyl (C=O) groups excluding carboxylic acids is 1. The van der Waals surface area contributed by atoms with Gasteiger partial charge in [-0.2, -0.15) is 13.2 Å². The molecule has 39 heavy (non-hydrogen) atoms. The van der Waals surface area contributed by atoms with Gasteiger partial charge in [0.2, 0.25) is 5.88 Å². The summed E-state index contributed by atoms with van der Waals surface area (Å²) in [6.45, 7) is 1.19. The quantitative estimate of drug-likeness (QED) is 0.292. The van der Waals surface area contributed by atoms with E-state index >= 15 is 0 Å². The topological polar surface area (TPSA) is 95.6 Å². The van der Waals surface area contributed by atoms with Crippen molar-refractivity contribution in [2.45, 2.75) is 24.6 Å². The average Bonchev–Trinajstić information content (AvgIpc) is 3.11. The Balaban J connectivity index is 1.75. The number of nitrogens with zero attached hydrogens (tertiary/aromatic N) is 3. The Morgan fingerprint density at radius 3 is 2.33 bits per heavy atom. The minimum atomic E-state index is -5.12. The minimum absolute atomic E-state index is 0.0249. The van der Waals surface area contributed by atoms with E-state index in [1.165, 1.54) is 66.7 Å². The van der Waals surface area contributed by atoms with Crippen LogP contribution in [-0.4, -0.2) is 38.5 Å². The molecule has 2 atom stereocenters. The van der Waals surface area contributed by atoms with Gasteiger partial charge in [-0.25, -0.2) is 14.6 Å². The third-order valence-corrected chi connectivity index (χ3v) is 7.18. The Labute approximate surface area is 230 Å². The van der Waals surface area contributed by atoms with Gasteiger partial charge in [-0.3, -0.25) is 9.13 Å². The molecule has 0 saturated heterocycles. The highest BCUT2D eigenvalue weighted by atomic mass is 35.5. The second-order valence-electron chi connectivity index (χ2n) is 8.87. The van der Waals surface area contributed by atoms with Gasteiger partial charge >= 0.3 is 17.8 Å². The Hall–Kier alpha value is -3.54. The van der Waals surface area contributed by atoms with Gasteiger partial charge in [0, 0.05) is 31.2 Å². The largest absolute Gasteiger partial charge is 0.465 e. The molecule has 206 valence electrons. The molecule has 13 heteroatoms. The highest BCUT2D eigenvalue weighted by Crippen LogP contribution is 2.50. The highest BCUT2D eigenvalue weighted by Gasteiger charge is 2.59. The summed E-state index contributed by atoms with van der Waals surface area (Å²) in [5.41, 5.74) is -3.71. The van der Waals surface area contributed by atoms with Crippen LogP contribution in [0.3, 0.4) is 0 Å². The van der Waals surface area contributed by atoms with Gasteiger partial charge in [0.25, 0.3) is 0 Å². The van der Waals surface area contributed by atoms with Crippen LogP contribution in [0, 0.1) is 0 Å². The molecule has 8 nitrogen and oxygen atoms in total. The van der Waals surface area contributed by atoms with Crippen LogP contribution in [0.25, 0.3) is 11.0 Å². The zero-order valence-electron chi connectivity index (χ0n) is 21.0. The Morgan fingerprint density at radius 1 is 1.05 bits per heavy atom. The molecule has 1 N–H and O–H groups in total. The normalized spacial score (nSPS) is 14.2. The summed E-state index contributed by atoms with van der Waals surface area (Å²) >= 11 is 12.3. The van der Waals surface area contributed by atoms with E-state index in [1.807, 2.05) is 0 Å². The van der Waals surface area contributed by atoms with Crippen LogP contribution < -0.4 is 10.4 Å². The molecule has 0 saturated carbocycles. The van der Waals surface area contributed by atoms with Gasteiger partial charge < -0.3 is 14.6 Å². The molecule has 0 bridgehead atoms. The predicted molar refractivity (Wildman–Crippen MR) is 139 cm³/mol. The number of aromatic nitrogens is 3. The van der Waals surface area contributed by atoms with Crippen molar-refractivity contribution in [2.24, 2.45) is 14.1 Å². The number of hydrogen-bond donors (Lipinski definition) is 1. The van der Waals surface area contributed by atoms with E-state index in [-0.39, 0.29) is 38.3 Å². The first-order valence-corrected chi connectivity index (χ1v) is 12.1. The Kier molecular flexibility index (Phi) is 7.46. The second-order valence-corrected chi connectivity index (χ2v) is 9.72. The van der Waals surface area contributed by atoms with Crippen LogP contribution in [-0.2, 0) is 24.4 Å². The van der Waals surface area contributed by atoms with Gasteiger partial charge in [-0.1, -0.05) is 42.3 Å². The number of esters is 1. The molecular weight excluding hydrogens is 562 g/mol. The monoisotopic (exact) mass is 583 g/mol. The van der Waals surface area contributed by atoms with E-state index in [9.17, 15) is 27.9 Å². The lowest BCUT2D eigenvalue weighted by molar-refractivity contribution is -0.274. The minimum Gasteiger partial charge on any atom is -0.465 e. The number of hydrogen-bond acceptors (Lipinski definition) is 6. The first-order valence-electron chi connectivity index (χ1n) is 11.4. The van der Waals surface area contributed by atoms with E-state index in [0.717, 1.165) is 19.2 Å². The lowest BCUT2D eigenvalue weighted by Gasteiger charge is -2.37. The maximum Gasteiger partial charge on any atom is 0.422 e. The zero-order chi connectivity index (χ0) is 28.9. The smallest absolute Gasteiger partial charge is 0.422 e. The molecule has 0 aliphatic heterocycles. The number of carbonyl (C=O) groups is 1. The van der Waals surface area contributed by atoms with E-state index in [2.05, 4.69) is 4.98 Å². The Bertz CT molecular complexity index is 1650. The van der Waals surface area contributed by atoms with Crippen molar-refractivity contribution in [1.82, 2.24) is 14.1 Å². The fourth-order valence-electron chi connectivity index (χ4n) is 4.43. The average molecular weight is 584 g/mol. The van der Waals surface area contributed by atoms with E-state index < -0.39 is 34.9 Å². The van der Waals surface area contributed by atoms with Crippen molar-refractivity contribution >= 4 is 40.2 Å². The van der Waals surface area contributed by atoms with Crippen LogP contribution in [0.5, 0.6) is 11.6 Å². The van der Waals surface area contributed by atoms with Crippen LogP contribution >= 0.6 is 23.2 Å². The predicted octanol–water partition coefficient (Wildman–Crippen LogP) is 5.71. The van der Waals surface area contributed by atoms with Crippen LogP contribution in [0.2, 0.25) is 10.0 Å². The van der Waals surface area contributed by atoms with Crippen molar-refractivity contribution < 1.29 is 32.5 Å². The van der Waals surface area contributed by atoms with E-state index in [0.29, 0.717) is 5.52 Å². The molecule has 4 aromatic rings. The first-order chi connectivity index (χ1) is 18.2. The van der Waals surface area contributed by atoms with Crippen molar-refractivity contribution in [1.29, 1.82) is 0 Å². The van der Waals surface area contributed by atoms with Gasteiger partial charge in [-0.15, -0.1) is 0 Å². The molecule has 0 aliphatic carbocycles. The highest BCUT2D eigenvalue weighted by molar-refractivity contribution is 6.31. The number of alkyl halides is 3. The fourth-order valence-corrected chi connectivity index (χ4v) is 4.92. The molecule has 2 aromatic carbocycles.